The number of urea groups is 1. The number of hydrogen-bond donors (Lipinski definition) is 3. The number of aliphatic carboxylic acids is 1. The Kier molecular flexibility index (Phi) is 7.34. The van der Waals surface area contributed by atoms with Gasteiger partial charge in [-0.25, -0.2) is 13.6 Å². The SMILES string of the molecule is O=C(O)Cc1ccc(CNC(=O)Nc2cc(F)c(-c3ccccc3OC(F)(F)F)c(F)c2)cc1. The summed E-state index contributed by atoms with van der Waals surface area (Å²) in [5.41, 5.74) is -0.223. The molecule has 11 heteroatoms. The maximum Gasteiger partial charge on any atom is 0.573 e. The number of carbonyl (C=O) groups excluding carboxylic acids is 1. The zero-order chi connectivity index (χ0) is 24.9. The normalized spacial score (nSPS) is 11.1. The Morgan fingerprint density at radius 2 is 1.50 bits per heavy atom. The quantitative estimate of drug-likeness (QED) is 0.391. The number of ether oxygens (including phenoxy) is 1. The summed E-state index contributed by atoms with van der Waals surface area (Å²) in [5.74, 6) is -4.17. The summed E-state index contributed by atoms with van der Waals surface area (Å²) in [7, 11) is 0. The predicted molar refractivity (Wildman–Crippen MR) is 112 cm³/mol. The minimum absolute atomic E-state index is 0.0460. The molecule has 3 aromatic carbocycles. The van der Waals surface area contributed by atoms with Crippen molar-refractivity contribution >= 4 is 17.7 Å². The van der Waals surface area contributed by atoms with Crippen molar-refractivity contribution in [2.75, 3.05) is 5.32 Å². The van der Waals surface area contributed by atoms with Crippen LogP contribution < -0.4 is 15.4 Å². The minimum Gasteiger partial charge on any atom is -0.481 e. The first-order chi connectivity index (χ1) is 16.0. The number of carbonyl (C=O) groups is 2. The fraction of sp³-hybridized carbons (Fsp3) is 0.130. The monoisotopic (exact) mass is 480 g/mol. The Bertz CT molecular complexity index is 1170. The first-order valence-electron chi connectivity index (χ1n) is 9.70. The van der Waals surface area contributed by atoms with Crippen molar-refractivity contribution in [2.45, 2.75) is 19.3 Å². The fourth-order valence-electron chi connectivity index (χ4n) is 3.10. The van der Waals surface area contributed by atoms with Gasteiger partial charge in [-0.15, -0.1) is 13.2 Å². The van der Waals surface area contributed by atoms with E-state index in [0.29, 0.717) is 11.1 Å². The van der Waals surface area contributed by atoms with E-state index in [2.05, 4.69) is 15.4 Å². The zero-order valence-corrected chi connectivity index (χ0v) is 17.2. The van der Waals surface area contributed by atoms with E-state index in [1.165, 1.54) is 12.1 Å². The lowest BCUT2D eigenvalue weighted by Gasteiger charge is -2.15. The van der Waals surface area contributed by atoms with E-state index in [1.807, 2.05) is 0 Å². The third-order valence-corrected chi connectivity index (χ3v) is 4.51. The first kappa shape index (κ1) is 24.5. The van der Waals surface area contributed by atoms with Crippen molar-refractivity contribution in [1.29, 1.82) is 0 Å². The summed E-state index contributed by atoms with van der Waals surface area (Å²) >= 11 is 0. The molecular weight excluding hydrogens is 463 g/mol. The molecule has 0 bridgehead atoms. The van der Waals surface area contributed by atoms with Gasteiger partial charge in [-0.05, 0) is 29.3 Å². The van der Waals surface area contributed by atoms with Crippen LogP contribution in [0.25, 0.3) is 11.1 Å². The minimum atomic E-state index is -5.06. The molecule has 178 valence electrons. The molecular formula is C23H17F5N2O4. The highest BCUT2D eigenvalue weighted by atomic mass is 19.4. The number of para-hydroxylation sites is 1. The second-order valence-electron chi connectivity index (χ2n) is 7.05. The van der Waals surface area contributed by atoms with Crippen LogP contribution in [0.2, 0.25) is 0 Å². The Balaban J connectivity index is 1.70. The number of carboxylic acid groups (broad SMARTS) is 1. The predicted octanol–water partition coefficient (Wildman–Crippen LogP) is 5.48. The van der Waals surface area contributed by atoms with Crippen LogP contribution >= 0.6 is 0 Å². The van der Waals surface area contributed by atoms with Gasteiger partial charge in [-0.3, -0.25) is 4.79 Å². The van der Waals surface area contributed by atoms with Gasteiger partial charge in [0.2, 0.25) is 0 Å². The Labute approximate surface area is 190 Å². The second kappa shape index (κ2) is 10.2. The molecule has 0 aliphatic heterocycles. The van der Waals surface area contributed by atoms with Crippen LogP contribution in [0.15, 0.2) is 60.7 Å². The maximum atomic E-state index is 14.6. The molecule has 0 heterocycles. The molecule has 0 spiro atoms. The first-order valence-corrected chi connectivity index (χ1v) is 9.70. The molecule has 6 nitrogen and oxygen atoms in total. The molecule has 2 amide bonds. The van der Waals surface area contributed by atoms with Gasteiger partial charge in [0, 0.05) is 17.8 Å². The number of halogens is 5. The average Bonchev–Trinajstić information content (AvgIpc) is 2.72. The van der Waals surface area contributed by atoms with Crippen LogP contribution in [-0.4, -0.2) is 23.5 Å². The summed E-state index contributed by atoms with van der Waals surface area (Å²) in [4.78, 5) is 22.8. The van der Waals surface area contributed by atoms with Crippen LogP contribution in [-0.2, 0) is 17.8 Å². The zero-order valence-electron chi connectivity index (χ0n) is 17.2. The van der Waals surface area contributed by atoms with Gasteiger partial charge in [-0.2, -0.15) is 0 Å². The third-order valence-electron chi connectivity index (χ3n) is 4.51. The topological polar surface area (TPSA) is 87.7 Å². The van der Waals surface area contributed by atoms with E-state index < -0.39 is 46.9 Å². The number of benzene rings is 3. The molecule has 0 aromatic heterocycles. The number of alkyl halides is 3. The summed E-state index contributed by atoms with van der Waals surface area (Å²) in [6.45, 7) is 0.0460. The highest BCUT2D eigenvalue weighted by molar-refractivity contribution is 5.89. The average molecular weight is 480 g/mol. The summed E-state index contributed by atoms with van der Waals surface area (Å²) < 4.78 is 71.0. The number of carboxylic acids is 1. The molecule has 3 rings (SSSR count). The molecule has 0 radical (unpaired) electrons. The molecule has 34 heavy (non-hydrogen) atoms. The van der Waals surface area contributed by atoms with Crippen molar-refractivity contribution in [3.63, 3.8) is 0 Å². The van der Waals surface area contributed by atoms with Gasteiger partial charge >= 0.3 is 18.4 Å². The largest absolute Gasteiger partial charge is 0.573 e. The summed E-state index contributed by atoms with van der Waals surface area (Å²) in [6.07, 6.45) is -5.20. The highest BCUT2D eigenvalue weighted by Gasteiger charge is 2.33. The molecule has 3 aromatic rings. The number of rotatable bonds is 7. The summed E-state index contributed by atoms with van der Waals surface area (Å²) in [5, 5.41) is 13.5. The lowest BCUT2D eigenvalue weighted by molar-refractivity contribution is -0.274. The van der Waals surface area contributed by atoms with Crippen molar-refractivity contribution in [3.8, 4) is 16.9 Å². The van der Waals surface area contributed by atoms with E-state index in [4.69, 9.17) is 5.11 Å². The lowest BCUT2D eigenvalue weighted by Crippen LogP contribution is -2.28. The molecule has 0 saturated carbocycles. The lowest BCUT2D eigenvalue weighted by atomic mass is 10.0. The Hall–Kier alpha value is -4.15. The van der Waals surface area contributed by atoms with Gasteiger partial charge in [0.05, 0.1) is 12.0 Å². The van der Waals surface area contributed by atoms with Crippen LogP contribution in [0.1, 0.15) is 11.1 Å². The van der Waals surface area contributed by atoms with Gasteiger partial charge in [0.1, 0.15) is 17.4 Å². The summed E-state index contributed by atoms with van der Waals surface area (Å²) in [6, 6.07) is 11.7. The fourth-order valence-corrected chi connectivity index (χ4v) is 3.10. The third kappa shape index (κ3) is 6.67. The number of nitrogens with one attached hydrogen (secondary N) is 2. The van der Waals surface area contributed by atoms with Gasteiger partial charge in [0.15, 0.2) is 0 Å². The molecule has 0 atom stereocenters. The van der Waals surface area contributed by atoms with Crippen molar-refractivity contribution < 1.29 is 41.4 Å². The highest BCUT2D eigenvalue weighted by Crippen LogP contribution is 2.37. The molecule has 0 unspecified atom stereocenters. The van der Waals surface area contributed by atoms with E-state index in [-0.39, 0.29) is 18.7 Å². The van der Waals surface area contributed by atoms with E-state index in [1.54, 1.807) is 24.3 Å². The van der Waals surface area contributed by atoms with Crippen LogP contribution in [0, 0.1) is 11.6 Å². The van der Waals surface area contributed by atoms with Crippen LogP contribution in [0.5, 0.6) is 5.75 Å². The van der Waals surface area contributed by atoms with E-state index in [9.17, 15) is 31.5 Å². The number of amides is 2. The molecule has 0 fully saturated rings. The maximum absolute atomic E-state index is 14.6. The second-order valence-corrected chi connectivity index (χ2v) is 7.05. The van der Waals surface area contributed by atoms with E-state index in [0.717, 1.165) is 24.3 Å². The standard InChI is InChI=1S/C23H17F5N2O4/c24-17-10-15(30-22(33)29-12-14-7-5-13(6-8-14)9-20(31)32)11-18(25)21(17)16-3-1-2-4-19(16)34-23(26,27)28/h1-8,10-11H,9,12H2,(H,31,32)(H2,29,30,33). The Morgan fingerprint density at radius 1 is 0.912 bits per heavy atom. The molecule has 0 aliphatic carbocycles. The van der Waals surface area contributed by atoms with E-state index >= 15 is 0 Å². The van der Waals surface area contributed by atoms with Crippen LogP contribution in [0.3, 0.4) is 0 Å². The van der Waals surface area contributed by atoms with Crippen molar-refractivity contribution in [1.82, 2.24) is 5.32 Å². The van der Waals surface area contributed by atoms with Crippen molar-refractivity contribution in [3.05, 3.63) is 83.4 Å². The van der Waals surface area contributed by atoms with Gasteiger partial charge < -0.3 is 20.5 Å². The Morgan fingerprint density at radius 3 is 2.09 bits per heavy atom. The van der Waals surface area contributed by atoms with Gasteiger partial charge in [0.25, 0.3) is 0 Å². The number of hydrogen-bond acceptors (Lipinski definition) is 3. The van der Waals surface area contributed by atoms with Crippen molar-refractivity contribution in [2.24, 2.45) is 0 Å². The molecule has 0 aliphatic rings. The smallest absolute Gasteiger partial charge is 0.481 e. The van der Waals surface area contributed by atoms with Crippen LogP contribution in [0.4, 0.5) is 32.4 Å². The molecule has 0 saturated heterocycles. The number of anilines is 1. The van der Waals surface area contributed by atoms with Gasteiger partial charge in [-0.1, -0.05) is 42.5 Å². The molecule has 3 N–H and O–H groups in total.